The molecule has 0 radical (unpaired) electrons. The predicted octanol–water partition coefficient (Wildman–Crippen LogP) is 10.3. The lowest BCUT2D eigenvalue weighted by atomic mass is 9.67. The Bertz CT molecular complexity index is 2410. The summed E-state index contributed by atoms with van der Waals surface area (Å²) in [5.41, 5.74) is 7.22. The van der Waals surface area contributed by atoms with Gasteiger partial charge in [0.2, 0.25) is 0 Å². The monoisotopic (exact) mass is 820 g/mol. The molecule has 7 rings (SSSR count). The van der Waals surface area contributed by atoms with E-state index in [2.05, 4.69) is 50.1 Å². The third-order valence-electron chi connectivity index (χ3n) is 12.1. The summed E-state index contributed by atoms with van der Waals surface area (Å²) < 4.78 is 21.6. The molecule has 6 aromatic rings. The zero-order valence-corrected chi connectivity index (χ0v) is 36.1. The Morgan fingerprint density at radius 3 is 1.72 bits per heavy atom. The van der Waals surface area contributed by atoms with E-state index >= 15 is 0 Å². The van der Waals surface area contributed by atoms with E-state index in [1.165, 1.54) is 5.56 Å². The third kappa shape index (κ3) is 8.82. The zero-order chi connectivity index (χ0) is 43.7. The maximum Gasteiger partial charge on any atom is 0.161 e. The van der Waals surface area contributed by atoms with Crippen LogP contribution in [0.15, 0.2) is 127 Å². The van der Waals surface area contributed by atoms with Crippen LogP contribution in [0, 0.1) is 17.2 Å². The Balaban J connectivity index is 0.000000206. The first-order valence-electron chi connectivity index (χ1n) is 20.5. The normalized spacial score (nSPS) is 13.2. The Hall–Kier alpha value is -6.63. The Morgan fingerprint density at radius 2 is 1.15 bits per heavy atom. The number of rotatable bonds is 15. The minimum absolute atomic E-state index is 0.165. The van der Waals surface area contributed by atoms with Crippen molar-refractivity contribution >= 4 is 0 Å². The fourth-order valence-corrected chi connectivity index (χ4v) is 8.71. The summed E-state index contributed by atoms with van der Waals surface area (Å²) >= 11 is 0. The first kappa shape index (κ1) is 43.9. The van der Waals surface area contributed by atoms with Crippen LogP contribution in [0.3, 0.4) is 0 Å². The minimum atomic E-state index is -0.610. The van der Waals surface area contributed by atoms with E-state index in [0.29, 0.717) is 11.5 Å². The largest absolute Gasteiger partial charge is 0.508 e. The summed E-state index contributed by atoms with van der Waals surface area (Å²) in [5.74, 6) is 3.63. The molecule has 0 spiro atoms. The van der Waals surface area contributed by atoms with E-state index in [1.54, 1.807) is 64.8 Å². The molecule has 0 heterocycles. The smallest absolute Gasteiger partial charge is 0.161 e. The predicted molar refractivity (Wildman–Crippen MR) is 240 cm³/mol. The van der Waals surface area contributed by atoms with Crippen LogP contribution in [0.5, 0.6) is 40.2 Å². The summed E-state index contributed by atoms with van der Waals surface area (Å²) in [6.45, 7) is 6.06. The molecule has 0 saturated carbocycles. The summed E-state index contributed by atoms with van der Waals surface area (Å²) in [6, 6.07) is 42.7. The minimum Gasteiger partial charge on any atom is -0.508 e. The van der Waals surface area contributed by atoms with E-state index in [0.717, 1.165) is 82.8 Å². The lowest BCUT2D eigenvalue weighted by Gasteiger charge is -2.33. The summed E-state index contributed by atoms with van der Waals surface area (Å²) in [7, 11) is 8.67. The lowest BCUT2D eigenvalue weighted by Crippen LogP contribution is -2.32. The molecule has 1 atom stereocenters. The summed E-state index contributed by atoms with van der Waals surface area (Å²) in [6.07, 6.45) is 2.61. The molecule has 1 aliphatic carbocycles. The highest BCUT2D eigenvalue weighted by Crippen LogP contribution is 2.56. The van der Waals surface area contributed by atoms with Crippen molar-refractivity contribution in [2.24, 2.45) is 5.92 Å². The Morgan fingerprint density at radius 1 is 0.607 bits per heavy atom. The van der Waals surface area contributed by atoms with Crippen molar-refractivity contribution in [3.63, 3.8) is 0 Å². The van der Waals surface area contributed by atoms with Gasteiger partial charge in [-0.1, -0.05) is 80.6 Å². The molecule has 0 amide bonds. The van der Waals surface area contributed by atoms with Crippen molar-refractivity contribution < 1.29 is 34.3 Å². The molecule has 9 heteroatoms. The van der Waals surface area contributed by atoms with Crippen LogP contribution >= 0.6 is 0 Å². The van der Waals surface area contributed by atoms with Gasteiger partial charge >= 0.3 is 0 Å². The average Bonchev–Trinajstić information content (AvgIpc) is 3.57. The maximum absolute atomic E-state index is 10.2. The van der Waals surface area contributed by atoms with Gasteiger partial charge in [-0.2, -0.15) is 5.26 Å². The number of hydrogen-bond acceptors (Lipinski definition) is 9. The van der Waals surface area contributed by atoms with E-state index in [9.17, 15) is 20.6 Å². The summed E-state index contributed by atoms with van der Waals surface area (Å²) in [4.78, 5) is 2.31. The van der Waals surface area contributed by atoms with Crippen molar-refractivity contribution in [3.05, 3.63) is 161 Å². The van der Waals surface area contributed by atoms with Gasteiger partial charge in [-0.3, -0.25) is 0 Å². The second-order valence-electron chi connectivity index (χ2n) is 15.8. The van der Waals surface area contributed by atoms with Gasteiger partial charge in [0.25, 0.3) is 0 Å². The molecular weight excluding hydrogens is 765 g/mol. The van der Waals surface area contributed by atoms with E-state index in [4.69, 9.17) is 18.9 Å². The van der Waals surface area contributed by atoms with E-state index in [1.807, 2.05) is 72.8 Å². The zero-order valence-electron chi connectivity index (χ0n) is 36.1. The SMILES string of the molecule is COc1ccc(CCN(C)CCCC(C#N)(c2ccc(OC)c(OC)c2)C(C)C)cc1OC.Oc1ccc(C2(c3ccc(O)cc3)c3ccccc3-c3cc(O)ccc32)cc1. The van der Waals surface area contributed by atoms with Crippen molar-refractivity contribution in [3.8, 4) is 57.4 Å². The molecule has 9 nitrogen and oxygen atoms in total. The number of aromatic hydroxyl groups is 3. The summed E-state index contributed by atoms with van der Waals surface area (Å²) in [5, 5.41) is 40.1. The first-order chi connectivity index (χ1) is 29.4. The van der Waals surface area contributed by atoms with Gasteiger partial charge < -0.3 is 39.2 Å². The van der Waals surface area contributed by atoms with Crippen LogP contribution in [0.25, 0.3) is 11.1 Å². The van der Waals surface area contributed by atoms with Crippen molar-refractivity contribution in [1.82, 2.24) is 4.90 Å². The Labute approximate surface area is 360 Å². The highest BCUT2D eigenvalue weighted by molar-refractivity contribution is 5.87. The van der Waals surface area contributed by atoms with Gasteiger partial charge in [0.15, 0.2) is 23.0 Å². The van der Waals surface area contributed by atoms with Crippen molar-refractivity contribution in [1.29, 1.82) is 5.26 Å². The molecule has 0 aliphatic heterocycles. The molecule has 6 aromatic carbocycles. The molecule has 0 bridgehead atoms. The van der Waals surface area contributed by atoms with Crippen LogP contribution in [0.2, 0.25) is 0 Å². The number of benzene rings is 6. The quantitative estimate of drug-likeness (QED) is 0.0927. The second-order valence-corrected chi connectivity index (χ2v) is 15.8. The second kappa shape index (κ2) is 19.2. The molecule has 0 fully saturated rings. The van der Waals surface area contributed by atoms with Crippen LogP contribution < -0.4 is 18.9 Å². The van der Waals surface area contributed by atoms with Gasteiger partial charge in [-0.25, -0.2) is 0 Å². The topological polar surface area (TPSA) is 125 Å². The molecular formula is C52H56N2O7. The van der Waals surface area contributed by atoms with Gasteiger partial charge in [-0.15, -0.1) is 0 Å². The first-order valence-corrected chi connectivity index (χ1v) is 20.5. The molecule has 316 valence electrons. The van der Waals surface area contributed by atoms with Crippen LogP contribution in [-0.2, 0) is 17.3 Å². The van der Waals surface area contributed by atoms with E-state index < -0.39 is 10.8 Å². The number of nitrogens with zero attached hydrogens (tertiary/aromatic N) is 2. The van der Waals surface area contributed by atoms with Gasteiger partial charge in [0.05, 0.1) is 45.3 Å². The number of phenolic OH excluding ortho intramolecular Hbond substituents is 3. The standard InChI is InChI=1S/C27H38N2O4.C25H18O3/c1-20(2)27(19-28,22-10-12-24(31-5)26(18-22)33-7)14-8-15-29(3)16-13-21-9-11-23(30-4)25(17-21)32-6;26-18-9-5-16(6-10-18)25(17-7-11-19(27)12-8-17)23-4-2-1-3-21(23)22-15-20(28)13-14-24(22)25/h9-12,17-18,20H,8,13-16H2,1-7H3;1-15,26-28H. The number of methoxy groups -OCH3 is 4. The third-order valence-corrected chi connectivity index (χ3v) is 12.1. The van der Waals surface area contributed by atoms with E-state index in [-0.39, 0.29) is 23.2 Å². The number of likely N-dealkylation sites (N-methyl/N-ethyl adjacent to an activating group) is 1. The molecule has 0 aromatic heterocycles. The fourth-order valence-electron chi connectivity index (χ4n) is 8.71. The van der Waals surface area contributed by atoms with Crippen LogP contribution in [-0.4, -0.2) is 68.8 Å². The highest BCUT2D eigenvalue weighted by Gasteiger charge is 2.46. The maximum atomic E-state index is 10.2. The van der Waals surface area contributed by atoms with Crippen LogP contribution in [0.1, 0.15) is 60.1 Å². The van der Waals surface area contributed by atoms with Crippen molar-refractivity contribution in [2.45, 2.75) is 43.9 Å². The van der Waals surface area contributed by atoms with Crippen molar-refractivity contribution in [2.75, 3.05) is 48.6 Å². The Kier molecular flexibility index (Phi) is 13.8. The molecule has 0 saturated heterocycles. The number of fused-ring (bicyclic) bond motifs is 3. The molecule has 3 N–H and O–H groups in total. The van der Waals surface area contributed by atoms with Gasteiger partial charge in [-0.05, 0) is 144 Å². The highest BCUT2D eigenvalue weighted by atomic mass is 16.5. The molecule has 61 heavy (non-hydrogen) atoms. The number of hydrogen-bond donors (Lipinski definition) is 3. The fraction of sp³-hybridized carbons (Fsp3) is 0.288. The van der Waals surface area contributed by atoms with Gasteiger partial charge in [0, 0.05) is 6.54 Å². The average molecular weight is 821 g/mol. The molecule has 1 unspecified atom stereocenters. The number of ether oxygens (including phenoxy) is 4. The molecule has 1 aliphatic rings. The number of phenols is 3. The van der Waals surface area contributed by atoms with Gasteiger partial charge in [0.1, 0.15) is 17.2 Å². The lowest BCUT2D eigenvalue weighted by molar-refractivity contribution is 0.292. The van der Waals surface area contributed by atoms with Crippen LogP contribution in [0.4, 0.5) is 0 Å². The number of nitriles is 1.